The van der Waals surface area contributed by atoms with Crippen LogP contribution in [0.25, 0.3) is 0 Å². The standard InChI is InChI=1S/C9H10FNO/c10-8-3-1-2-6-7(8)4-12-5-9(6)11/h1-3,9H,4-5,11H2/t9-/m1/s1. The second kappa shape index (κ2) is 2.84. The molecule has 0 saturated carbocycles. The number of rotatable bonds is 0. The second-order valence-corrected chi connectivity index (χ2v) is 2.93. The lowest BCUT2D eigenvalue weighted by atomic mass is 9.99. The highest BCUT2D eigenvalue weighted by Gasteiger charge is 2.19. The summed E-state index contributed by atoms with van der Waals surface area (Å²) in [5.74, 6) is -0.220. The van der Waals surface area contributed by atoms with Gasteiger partial charge in [0, 0.05) is 5.56 Å². The first-order valence-electron chi connectivity index (χ1n) is 3.89. The quantitative estimate of drug-likeness (QED) is 0.633. The molecule has 1 aromatic carbocycles. The molecule has 0 unspecified atom stereocenters. The Balaban J connectivity index is 2.52. The molecular weight excluding hydrogens is 157 g/mol. The zero-order valence-electron chi connectivity index (χ0n) is 6.59. The summed E-state index contributed by atoms with van der Waals surface area (Å²) in [7, 11) is 0. The normalized spacial score (nSPS) is 22.0. The summed E-state index contributed by atoms with van der Waals surface area (Å²) >= 11 is 0. The molecule has 12 heavy (non-hydrogen) atoms. The Kier molecular flexibility index (Phi) is 1.83. The van der Waals surface area contributed by atoms with Crippen molar-refractivity contribution >= 4 is 0 Å². The summed E-state index contributed by atoms with van der Waals surface area (Å²) in [4.78, 5) is 0. The molecule has 64 valence electrons. The molecule has 0 bridgehead atoms. The van der Waals surface area contributed by atoms with E-state index < -0.39 is 0 Å². The van der Waals surface area contributed by atoms with Gasteiger partial charge in [-0.15, -0.1) is 0 Å². The van der Waals surface area contributed by atoms with Crippen LogP contribution in [0.1, 0.15) is 17.2 Å². The largest absolute Gasteiger partial charge is 0.375 e. The van der Waals surface area contributed by atoms with Crippen molar-refractivity contribution in [1.29, 1.82) is 0 Å². The summed E-state index contributed by atoms with van der Waals surface area (Å²) in [6, 6.07) is 4.79. The smallest absolute Gasteiger partial charge is 0.129 e. The van der Waals surface area contributed by atoms with Crippen LogP contribution in [0, 0.1) is 5.82 Å². The number of halogens is 1. The zero-order valence-corrected chi connectivity index (χ0v) is 6.59. The minimum absolute atomic E-state index is 0.176. The van der Waals surface area contributed by atoms with Crippen LogP contribution in [0.15, 0.2) is 18.2 Å². The van der Waals surface area contributed by atoms with E-state index in [0.717, 1.165) is 5.56 Å². The maximum atomic E-state index is 13.1. The molecule has 0 fully saturated rings. The van der Waals surface area contributed by atoms with Crippen molar-refractivity contribution in [3.8, 4) is 0 Å². The van der Waals surface area contributed by atoms with Crippen LogP contribution in [0.4, 0.5) is 4.39 Å². The highest BCUT2D eigenvalue weighted by molar-refractivity contribution is 5.32. The van der Waals surface area contributed by atoms with Crippen LogP contribution in [0.3, 0.4) is 0 Å². The molecule has 0 radical (unpaired) electrons. The van der Waals surface area contributed by atoms with E-state index >= 15 is 0 Å². The molecule has 1 heterocycles. The van der Waals surface area contributed by atoms with E-state index in [1.165, 1.54) is 6.07 Å². The molecule has 0 aliphatic carbocycles. The number of fused-ring (bicyclic) bond motifs is 1. The number of ether oxygens (including phenoxy) is 1. The van der Waals surface area contributed by atoms with E-state index in [4.69, 9.17) is 10.5 Å². The van der Waals surface area contributed by atoms with Gasteiger partial charge in [0.2, 0.25) is 0 Å². The van der Waals surface area contributed by atoms with Crippen molar-refractivity contribution in [1.82, 2.24) is 0 Å². The summed E-state index contributed by atoms with van der Waals surface area (Å²) in [5, 5.41) is 0. The van der Waals surface area contributed by atoms with Gasteiger partial charge in [-0.05, 0) is 11.6 Å². The molecule has 0 amide bonds. The fourth-order valence-electron chi connectivity index (χ4n) is 1.45. The molecule has 0 spiro atoms. The van der Waals surface area contributed by atoms with E-state index in [2.05, 4.69) is 0 Å². The average Bonchev–Trinajstić information content (AvgIpc) is 2.07. The predicted octanol–water partition coefficient (Wildman–Crippen LogP) is 1.36. The third-order valence-corrected chi connectivity index (χ3v) is 2.10. The molecule has 1 aliphatic heterocycles. The number of benzene rings is 1. The lowest BCUT2D eigenvalue weighted by Gasteiger charge is -2.22. The Morgan fingerprint density at radius 2 is 2.33 bits per heavy atom. The minimum Gasteiger partial charge on any atom is -0.375 e. The van der Waals surface area contributed by atoms with Crippen molar-refractivity contribution in [2.45, 2.75) is 12.6 Å². The lowest BCUT2D eigenvalue weighted by Crippen LogP contribution is -2.24. The summed E-state index contributed by atoms with van der Waals surface area (Å²) < 4.78 is 18.2. The van der Waals surface area contributed by atoms with E-state index in [1.807, 2.05) is 6.07 Å². The highest BCUT2D eigenvalue weighted by atomic mass is 19.1. The van der Waals surface area contributed by atoms with Crippen LogP contribution in [-0.2, 0) is 11.3 Å². The Labute approximate surface area is 70.1 Å². The van der Waals surface area contributed by atoms with Crippen LogP contribution >= 0.6 is 0 Å². The maximum Gasteiger partial charge on any atom is 0.129 e. The first-order valence-corrected chi connectivity index (χ1v) is 3.89. The first kappa shape index (κ1) is 7.71. The van der Waals surface area contributed by atoms with Crippen LogP contribution < -0.4 is 5.73 Å². The number of nitrogens with two attached hydrogens (primary N) is 1. The van der Waals surface area contributed by atoms with Gasteiger partial charge in [-0.25, -0.2) is 4.39 Å². The van der Waals surface area contributed by atoms with E-state index in [1.54, 1.807) is 6.07 Å². The molecular formula is C9H10FNO. The van der Waals surface area contributed by atoms with Crippen molar-refractivity contribution in [3.63, 3.8) is 0 Å². The summed E-state index contributed by atoms with van der Waals surface area (Å²) in [6.07, 6.45) is 0. The van der Waals surface area contributed by atoms with Crippen LogP contribution in [0.5, 0.6) is 0 Å². The third kappa shape index (κ3) is 1.11. The summed E-state index contributed by atoms with van der Waals surface area (Å²) in [5.41, 5.74) is 7.21. The van der Waals surface area contributed by atoms with Gasteiger partial charge in [0.25, 0.3) is 0 Å². The van der Waals surface area contributed by atoms with Crippen molar-refractivity contribution in [3.05, 3.63) is 35.1 Å². The van der Waals surface area contributed by atoms with Gasteiger partial charge in [0.05, 0.1) is 19.3 Å². The van der Waals surface area contributed by atoms with Gasteiger partial charge in [-0.3, -0.25) is 0 Å². The molecule has 2 nitrogen and oxygen atoms in total. The molecule has 3 heteroatoms. The Bertz CT molecular complexity index is 301. The fraction of sp³-hybridized carbons (Fsp3) is 0.333. The molecule has 0 aromatic heterocycles. The topological polar surface area (TPSA) is 35.2 Å². The van der Waals surface area contributed by atoms with Crippen molar-refractivity contribution in [2.75, 3.05) is 6.61 Å². The minimum atomic E-state index is -0.220. The van der Waals surface area contributed by atoms with E-state index in [0.29, 0.717) is 18.8 Å². The van der Waals surface area contributed by atoms with Gasteiger partial charge in [0.15, 0.2) is 0 Å². The molecule has 2 rings (SSSR count). The van der Waals surface area contributed by atoms with Crippen LogP contribution in [0.2, 0.25) is 0 Å². The summed E-state index contributed by atoms with van der Waals surface area (Å²) in [6.45, 7) is 0.826. The Morgan fingerprint density at radius 3 is 3.08 bits per heavy atom. The number of hydrogen-bond acceptors (Lipinski definition) is 2. The molecule has 1 aromatic rings. The Morgan fingerprint density at radius 1 is 1.50 bits per heavy atom. The SMILES string of the molecule is N[C@@H]1COCc2c(F)cccc21. The van der Waals surface area contributed by atoms with Crippen LogP contribution in [-0.4, -0.2) is 6.61 Å². The van der Waals surface area contributed by atoms with E-state index in [-0.39, 0.29) is 11.9 Å². The number of hydrogen-bond donors (Lipinski definition) is 1. The molecule has 1 atom stereocenters. The zero-order chi connectivity index (χ0) is 8.55. The highest BCUT2D eigenvalue weighted by Crippen LogP contribution is 2.24. The molecule has 1 aliphatic rings. The monoisotopic (exact) mass is 167 g/mol. The lowest BCUT2D eigenvalue weighted by molar-refractivity contribution is 0.0895. The first-order chi connectivity index (χ1) is 5.79. The Hall–Kier alpha value is -0.930. The maximum absolute atomic E-state index is 13.1. The third-order valence-electron chi connectivity index (χ3n) is 2.10. The van der Waals surface area contributed by atoms with E-state index in [9.17, 15) is 4.39 Å². The molecule has 0 saturated heterocycles. The van der Waals surface area contributed by atoms with Crippen molar-refractivity contribution < 1.29 is 9.13 Å². The molecule has 2 N–H and O–H groups in total. The van der Waals surface area contributed by atoms with Gasteiger partial charge < -0.3 is 10.5 Å². The van der Waals surface area contributed by atoms with Gasteiger partial charge in [-0.1, -0.05) is 12.1 Å². The average molecular weight is 167 g/mol. The van der Waals surface area contributed by atoms with Gasteiger partial charge in [-0.2, -0.15) is 0 Å². The fourth-order valence-corrected chi connectivity index (χ4v) is 1.45. The predicted molar refractivity (Wildman–Crippen MR) is 43.0 cm³/mol. The van der Waals surface area contributed by atoms with Gasteiger partial charge in [0.1, 0.15) is 5.82 Å². The van der Waals surface area contributed by atoms with Gasteiger partial charge >= 0.3 is 0 Å². The van der Waals surface area contributed by atoms with Crippen molar-refractivity contribution in [2.24, 2.45) is 5.73 Å². The second-order valence-electron chi connectivity index (χ2n) is 2.93.